The first-order valence-electron chi connectivity index (χ1n) is 10.2. The summed E-state index contributed by atoms with van der Waals surface area (Å²) < 4.78 is 31.6. The monoisotopic (exact) mass is 453 g/mol. The fraction of sp³-hybridized carbons (Fsp3) is 0.286. The van der Waals surface area contributed by atoms with Crippen LogP contribution in [-0.4, -0.2) is 65.4 Å². The van der Waals surface area contributed by atoms with E-state index in [0.717, 1.165) is 16.9 Å². The van der Waals surface area contributed by atoms with Crippen molar-refractivity contribution in [1.82, 2.24) is 25.0 Å². The minimum Gasteiger partial charge on any atom is -0.382 e. The van der Waals surface area contributed by atoms with Gasteiger partial charge >= 0.3 is 0 Å². The SMILES string of the molecule is CC1COCCN1c1cc(-c2cccc(S(C)(=O)=O)c2)c2c(N)nn(-c3ccn[nH]3)c2n1. The van der Waals surface area contributed by atoms with Gasteiger partial charge < -0.3 is 15.4 Å². The van der Waals surface area contributed by atoms with Crippen molar-refractivity contribution in [1.29, 1.82) is 0 Å². The van der Waals surface area contributed by atoms with Crippen LogP contribution in [0, 0.1) is 0 Å². The number of pyridine rings is 1. The van der Waals surface area contributed by atoms with Crippen LogP contribution in [0.1, 0.15) is 6.92 Å². The fourth-order valence-corrected chi connectivity index (χ4v) is 4.67. The molecule has 0 radical (unpaired) electrons. The van der Waals surface area contributed by atoms with E-state index in [1.807, 2.05) is 12.1 Å². The molecule has 4 aromatic rings. The normalized spacial score (nSPS) is 17.2. The number of nitrogens with one attached hydrogen (secondary N) is 1. The second kappa shape index (κ2) is 7.61. The Morgan fingerprint density at radius 2 is 2.09 bits per heavy atom. The lowest BCUT2D eigenvalue weighted by molar-refractivity contribution is 0.0985. The van der Waals surface area contributed by atoms with E-state index in [2.05, 4.69) is 27.1 Å². The molecule has 3 aromatic heterocycles. The van der Waals surface area contributed by atoms with Crippen molar-refractivity contribution in [2.24, 2.45) is 0 Å². The third-order valence-corrected chi connectivity index (χ3v) is 6.71. The maximum Gasteiger partial charge on any atom is 0.175 e. The minimum atomic E-state index is -3.37. The average Bonchev–Trinajstić information content (AvgIpc) is 3.41. The molecular formula is C21H23N7O3S. The van der Waals surface area contributed by atoms with Crippen molar-refractivity contribution in [3.8, 4) is 16.9 Å². The number of aromatic amines is 1. The van der Waals surface area contributed by atoms with E-state index >= 15 is 0 Å². The molecule has 4 heterocycles. The maximum atomic E-state index is 12.2. The van der Waals surface area contributed by atoms with Crippen LogP contribution in [0.5, 0.6) is 0 Å². The van der Waals surface area contributed by atoms with E-state index in [9.17, 15) is 8.42 Å². The van der Waals surface area contributed by atoms with Crippen molar-refractivity contribution >= 4 is 32.5 Å². The number of benzene rings is 1. The van der Waals surface area contributed by atoms with Gasteiger partial charge in [-0.1, -0.05) is 12.1 Å². The first-order valence-corrected chi connectivity index (χ1v) is 12.1. The summed E-state index contributed by atoms with van der Waals surface area (Å²) in [5.41, 5.74) is 8.38. The summed E-state index contributed by atoms with van der Waals surface area (Å²) in [7, 11) is -3.37. The van der Waals surface area contributed by atoms with E-state index in [-0.39, 0.29) is 10.9 Å². The Kier molecular flexibility index (Phi) is 4.86. The van der Waals surface area contributed by atoms with E-state index in [0.29, 0.717) is 42.4 Å². The lowest BCUT2D eigenvalue weighted by Crippen LogP contribution is -2.44. The zero-order chi connectivity index (χ0) is 22.5. The second-order valence-corrected chi connectivity index (χ2v) is 9.90. The molecule has 3 N–H and O–H groups in total. The highest BCUT2D eigenvalue weighted by Crippen LogP contribution is 2.37. The highest BCUT2D eigenvalue weighted by atomic mass is 32.2. The van der Waals surface area contributed by atoms with E-state index < -0.39 is 9.84 Å². The molecule has 1 atom stereocenters. The molecule has 1 saturated heterocycles. The zero-order valence-electron chi connectivity index (χ0n) is 17.7. The Bertz CT molecular complexity index is 1400. The van der Waals surface area contributed by atoms with Crippen LogP contribution in [0.15, 0.2) is 47.5 Å². The van der Waals surface area contributed by atoms with Crippen LogP contribution in [-0.2, 0) is 14.6 Å². The van der Waals surface area contributed by atoms with Crippen molar-refractivity contribution in [3.63, 3.8) is 0 Å². The molecule has 0 spiro atoms. The number of nitrogens with two attached hydrogens (primary N) is 1. The van der Waals surface area contributed by atoms with Crippen LogP contribution in [0.4, 0.5) is 11.6 Å². The second-order valence-electron chi connectivity index (χ2n) is 7.88. The van der Waals surface area contributed by atoms with Crippen LogP contribution in [0.25, 0.3) is 28.0 Å². The molecule has 0 saturated carbocycles. The highest BCUT2D eigenvalue weighted by Gasteiger charge is 2.25. The molecule has 0 amide bonds. The quantitative estimate of drug-likeness (QED) is 0.480. The van der Waals surface area contributed by atoms with Gasteiger partial charge in [0.05, 0.1) is 35.7 Å². The molecule has 1 aliphatic rings. The molecule has 1 unspecified atom stereocenters. The molecule has 1 fully saturated rings. The number of H-pyrrole nitrogens is 1. The van der Waals surface area contributed by atoms with Gasteiger partial charge in [0.15, 0.2) is 27.1 Å². The summed E-state index contributed by atoms with van der Waals surface area (Å²) in [6.45, 7) is 3.97. The predicted molar refractivity (Wildman–Crippen MR) is 122 cm³/mol. The van der Waals surface area contributed by atoms with Crippen molar-refractivity contribution < 1.29 is 13.2 Å². The molecule has 0 bridgehead atoms. The molecule has 11 heteroatoms. The number of morpholine rings is 1. The standard InChI is InChI=1S/C21H23N7O3S/c1-13-12-31-9-8-27(13)18-11-16(14-4-3-5-15(10-14)32(2,29)30)19-20(22)26-28(21(19)24-18)17-6-7-23-25-17/h3-7,10-11,13H,8-9,12H2,1-2H3,(H2,22,26)(H,23,25). The lowest BCUT2D eigenvalue weighted by atomic mass is 10.0. The summed E-state index contributed by atoms with van der Waals surface area (Å²) in [6, 6.07) is 10.7. The number of fused-ring (bicyclic) bond motifs is 1. The molecular weight excluding hydrogens is 430 g/mol. The average molecular weight is 454 g/mol. The minimum absolute atomic E-state index is 0.129. The van der Waals surface area contributed by atoms with Gasteiger partial charge in [0.25, 0.3) is 0 Å². The third kappa shape index (κ3) is 3.49. The Morgan fingerprint density at radius 1 is 1.25 bits per heavy atom. The van der Waals surface area contributed by atoms with Crippen molar-refractivity contribution in [2.75, 3.05) is 36.6 Å². The summed E-state index contributed by atoms with van der Waals surface area (Å²) in [6.07, 6.45) is 2.82. The molecule has 1 aromatic carbocycles. The van der Waals surface area contributed by atoms with Gasteiger partial charge in [0.1, 0.15) is 5.82 Å². The molecule has 32 heavy (non-hydrogen) atoms. The Hall–Kier alpha value is -3.44. The van der Waals surface area contributed by atoms with Gasteiger partial charge in [-0.3, -0.25) is 5.10 Å². The predicted octanol–water partition coefficient (Wildman–Crippen LogP) is 2.02. The van der Waals surface area contributed by atoms with Gasteiger partial charge in [-0.25, -0.2) is 13.4 Å². The van der Waals surface area contributed by atoms with Gasteiger partial charge in [0, 0.05) is 24.4 Å². The first-order chi connectivity index (χ1) is 15.3. The van der Waals surface area contributed by atoms with Gasteiger partial charge in [-0.2, -0.15) is 9.78 Å². The molecule has 5 rings (SSSR count). The van der Waals surface area contributed by atoms with Crippen LogP contribution < -0.4 is 10.6 Å². The van der Waals surface area contributed by atoms with Gasteiger partial charge in [0.2, 0.25) is 0 Å². The van der Waals surface area contributed by atoms with Crippen molar-refractivity contribution in [3.05, 3.63) is 42.6 Å². The fourth-order valence-electron chi connectivity index (χ4n) is 4.00. The summed E-state index contributed by atoms with van der Waals surface area (Å²) in [4.78, 5) is 7.32. The van der Waals surface area contributed by atoms with Crippen LogP contribution >= 0.6 is 0 Å². The first kappa shape index (κ1) is 20.5. The summed E-state index contributed by atoms with van der Waals surface area (Å²) in [5, 5.41) is 12.0. The number of hydrogen-bond acceptors (Lipinski definition) is 8. The number of anilines is 2. The topological polar surface area (TPSA) is 132 Å². The zero-order valence-corrected chi connectivity index (χ0v) is 18.5. The van der Waals surface area contributed by atoms with Crippen LogP contribution in [0.2, 0.25) is 0 Å². The highest BCUT2D eigenvalue weighted by molar-refractivity contribution is 7.90. The largest absolute Gasteiger partial charge is 0.382 e. The number of nitrogen functional groups attached to an aromatic ring is 1. The molecule has 166 valence electrons. The number of hydrogen-bond donors (Lipinski definition) is 2. The molecule has 0 aliphatic carbocycles. The smallest absolute Gasteiger partial charge is 0.175 e. The molecule has 1 aliphatic heterocycles. The molecule has 10 nitrogen and oxygen atoms in total. The number of rotatable bonds is 4. The van der Waals surface area contributed by atoms with E-state index in [1.165, 1.54) is 6.26 Å². The Morgan fingerprint density at radius 3 is 2.81 bits per heavy atom. The Labute approximate surface area is 184 Å². The third-order valence-electron chi connectivity index (χ3n) is 5.60. The lowest BCUT2D eigenvalue weighted by Gasteiger charge is -2.34. The van der Waals surface area contributed by atoms with Gasteiger partial charge in [-0.15, -0.1) is 5.10 Å². The van der Waals surface area contributed by atoms with E-state index in [4.69, 9.17) is 15.5 Å². The number of nitrogens with zero attached hydrogens (tertiary/aromatic N) is 5. The number of ether oxygens (including phenoxy) is 1. The van der Waals surface area contributed by atoms with Gasteiger partial charge in [-0.05, 0) is 30.7 Å². The maximum absolute atomic E-state index is 12.2. The number of aromatic nitrogens is 5. The summed E-state index contributed by atoms with van der Waals surface area (Å²) >= 11 is 0. The van der Waals surface area contributed by atoms with Crippen LogP contribution in [0.3, 0.4) is 0 Å². The van der Waals surface area contributed by atoms with Crippen molar-refractivity contribution in [2.45, 2.75) is 17.9 Å². The Balaban J connectivity index is 1.80. The van der Waals surface area contributed by atoms with E-state index in [1.54, 1.807) is 35.1 Å². The number of sulfone groups is 1. The summed E-state index contributed by atoms with van der Waals surface area (Å²) in [5.74, 6) is 1.67.